The van der Waals surface area contributed by atoms with Crippen LogP contribution in [0, 0.1) is 12.8 Å². The van der Waals surface area contributed by atoms with Crippen molar-refractivity contribution in [3.63, 3.8) is 0 Å². The Morgan fingerprint density at radius 2 is 2.11 bits per heavy atom. The summed E-state index contributed by atoms with van der Waals surface area (Å²) in [5.74, 6) is 1.90. The Balaban J connectivity index is 1.78. The second kappa shape index (κ2) is 7.72. The fraction of sp³-hybridized carbons (Fsp3) is 0.455. The van der Waals surface area contributed by atoms with Gasteiger partial charge in [0.15, 0.2) is 11.5 Å². The Labute approximate surface area is 169 Å². The zero-order valence-electron chi connectivity index (χ0n) is 16.0. The lowest BCUT2D eigenvalue weighted by molar-refractivity contribution is -0.0381. The highest BCUT2D eigenvalue weighted by atomic mass is 79.9. The Kier molecular flexibility index (Phi) is 5.33. The van der Waals surface area contributed by atoms with Crippen LogP contribution in [-0.4, -0.2) is 20.3 Å². The number of halogens is 1. The van der Waals surface area contributed by atoms with Crippen LogP contribution in [0.15, 0.2) is 34.8 Å². The van der Waals surface area contributed by atoms with E-state index in [1.807, 2.05) is 6.92 Å². The van der Waals surface area contributed by atoms with Gasteiger partial charge in [-0.3, -0.25) is 0 Å². The number of anilines is 1. The summed E-state index contributed by atoms with van der Waals surface area (Å²) in [5, 5.41) is 3.78. The number of benzene rings is 2. The van der Waals surface area contributed by atoms with E-state index in [9.17, 15) is 0 Å². The van der Waals surface area contributed by atoms with Gasteiger partial charge in [-0.25, -0.2) is 0 Å². The highest BCUT2D eigenvalue weighted by Gasteiger charge is 2.40. The standard InChI is InChI=1S/C22H26BrNO3/c1-4-26-19-12-14(11-17(23)22(19)25-3)20-15-6-5-9-27-21(15)16-10-13(2)7-8-18(16)24-20/h7-8,10-12,15,20-21,24H,4-6,9H2,1-3H3. The molecule has 2 aliphatic rings. The van der Waals surface area contributed by atoms with Crippen LogP contribution >= 0.6 is 15.9 Å². The number of ether oxygens (including phenoxy) is 3. The van der Waals surface area contributed by atoms with Gasteiger partial charge in [0.1, 0.15) is 0 Å². The second-order valence-corrected chi connectivity index (χ2v) is 8.13. The molecule has 4 nitrogen and oxygen atoms in total. The molecule has 1 N–H and O–H groups in total. The van der Waals surface area contributed by atoms with Gasteiger partial charge in [-0.1, -0.05) is 17.7 Å². The van der Waals surface area contributed by atoms with Crippen LogP contribution in [-0.2, 0) is 4.74 Å². The van der Waals surface area contributed by atoms with Crippen molar-refractivity contribution in [2.75, 3.05) is 25.6 Å². The molecule has 0 saturated carbocycles. The molecule has 0 radical (unpaired) electrons. The van der Waals surface area contributed by atoms with Crippen molar-refractivity contribution in [3.8, 4) is 11.5 Å². The summed E-state index contributed by atoms with van der Waals surface area (Å²) in [4.78, 5) is 0. The van der Waals surface area contributed by atoms with Crippen LogP contribution < -0.4 is 14.8 Å². The average molecular weight is 432 g/mol. The number of rotatable bonds is 4. The third-order valence-corrected chi connectivity index (χ3v) is 6.10. The topological polar surface area (TPSA) is 39.7 Å². The lowest BCUT2D eigenvalue weighted by atomic mass is 9.77. The van der Waals surface area contributed by atoms with E-state index in [-0.39, 0.29) is 12.1 Å². The molecule has 3 unspecified atom stereocenters. The van der Waals surface area contributed by atoms with E-state index >= 15 is 0 Å². The van der Waals surface area contributed by atoms with E-state index in [1.54, 1.807) is 7.11 Å². The maximum absolute atomic E-state index is 6.26. The Bertz CT molecular complexity index is 839. The molecule has 144 valence electrons. The largest absolute Gasteiger partial charge is 0.492 e. The summed E-state index contributed by atoms with van der Waals surface area (Å²) in [7, 11) is 1.67. The number of nitrogens with one attached hydrogen (secondary N) is 1. The molecule has 0 aliphatic carbocycles. The monoisotopic (exact) mass is 431 g/mol. The Morgan fingerprint density at radius 1 is 1.26 bits per heavy atom. The molecule has 3 atom stereocenters. The number of aryl methyl sites for hydroxylation is 1. The number of hydrogen-bond acceptors (Lipinski definition) is 4. The molecular formula is C22H26BrNO3. The minimum absolute atomic E-state index is 0.135. The third kappa shape index (κ3) is 3.43. The molecule has 1 saturated heterocycles. The van der Waals surface area contributed by atoms with Gasteiger partial charge in [0.25, 0.3) is 0 Å². The Hall–Kier alpha value is -1.72. The third-order valence-electron chi connectivity index (χ3n) is 5.52. The molecule has 0 amide bonds. The van der Waals surface area contributed by atoms with Gasteiger partial charge < -0.3 is 19.5 Å². The van der Waals surface area contributed by atoms with Crippen LogP contribution in [0.25, 0.3) is 0 Å². The summed E-state index contributed by atoms with van der Waals surface area (Å²) < 4.78 is 18.6. The van der Waals surface area contributed by atoms with Crippen LogP contribution in [0.2, 0.25) is 0 Å². The van der Waals surface area contributed by atoms with Gasteiger partial charge in [-0.05, 0) is 66.4 Å². The number of fused-ring (bicyclic) bond motifs is 3. The maximum atomic E-state index is 6.26. The Morgan fingerprint density at radius 3 is 2.89 bits per heavy atom. The van der Waals surface area contributed by atoms with Crippen LogP contribution in [0.4, 0.5) is 5.69 Å². The van der Waals surface area contributed by atoms with Crippen LogP contribution in [0.5, 0.6) is 11.5 Å². The maximum Gasteiger partial charge on any atom is 0.174 e. The van der Waals surface area contributed by atoms with Crippen LogP contribution in [0.1, 0.15) is 48.6 Å². The predicted octanol–water partition coefficient (Wildman–Crippen LogP) is 5.80. The zero-order valence-corrected chi connectivity index (χ0v) is 17.6. The normalized spacial score (nSPS) is 23.8. The van der Waals surface area contributed by atoms with Crippen molar-refractivity contribution < 1.29 is 14.2 Å². The van der Waals surface area contributed by atoms with E-state index < -0.39 is 0 Å². The quantitative estimate of drug-likeness (QED) is 0.663. The highest BCUT2D eigenvalue weighted by Crippen LogP contribution is 2.50. The molecule has 0 spiro atoms. The van der Waals surface area contributed by atoms with Crippen molar-refractivity contribution in [1.29, 1.82) is 0 Å². The first kappa shape index (κ1) is 18.6. The summed E-state index contributed by atoms with van der Waals surface area (Å²) >= 11 is 3.66. The van der Waals surface area contributed by atoms with E-state index in [4.69, 9.17) is 14.2 Å². The molecule has 2 heterocycles. The molecule has 4 rings (SSSR count). The van der Waals surface area contributed by atoms with Crippen LogP contribution in [0.3, 0.4) is 0 Å². The average Bonchev–Trinajstić information content (AvgIpc) is 2.67. The van der Waals surface area contributed by atoms with Crippen molar-refractivity contribution in [2.24, 2.45) is 5.92 Å². The van der Waals surface area contributed by atoms with Gasteiger partial charge in [0.05, 0.1) is 30.3 Å². The minimum Gasteiger partial charge on any atom is -0.492 e. The minimum atomic E-state index is 0.135. The molecule has 2 aromatic carbocycles. The molecule has 5 heteroatoms. The molecule has 0 aromatic heterocycles. The fourth-order valence-electron chi connectivity index (χ4n) is 4.35. The SMILES string of the molecule is CCOc1cc(C2Nc3ccc(C)cc3C3OCCCC23)cc(Br)c1OC. The summed E-state index contributed by atoms with van der Waals surface area (Å²) in [6.45, 7) is 5.56. The number of methoxy groups -OCH3 is 1. The molecular weight excluding hydrogens is 406 g/mol. The lowest BCUT2D eigenvalue weighted by Crippen LogP contribution is -2.36. The summed E-state index contributed by atoms with van der Waals surface area (Å²) in [6, 6.07) is 11.0. The molecule has 2 aromatic rings. The summed E-state index contributed by atoms with van der Waals surface area (Å²) in [6.07, 6.45) is 2.37. The van der Waals surface area contributed by atoms with Crippen molar-refractivity contribution >= 4 is 21.6 Å². The van der Waals surface area contributed by atoms with E-state index in [0.717, 1.165) is 35.4 Å². The van der Waals surface area contributed by atoms with E-state index in [1.165, 1.54) is 22.4 Å². The molecule has 2 aliphatic heterocycles. The zero-order chi connectivity index (χ0) is 19.0. The van der Waals surface area contributed by atoms with Crippen molar-refractivity contribution in [2.45, 2.75) is 38.8 Å². The van der Waals surface area contributed by atoms with E-state index in [0.29, 0.717) is 12.5 Å². The van der Waals surface area contributed by atoms with Gasteiger partial charge >= 0.3 is 0 Å². The predicted molar refractivity (Wildman–Crippen MR) is 111 cm³/mol. The lowest BCUT2D eigenvalue weighted by Gasteiger charge is -2.43. The van der Waals surface area contributed by atoms with Crippen molar-refractivity contribution in [3.05, 3.63) is 51.5 Å². The molecule has 1 fully saturated rings. The first-order valence-electron chi connectivity index (χ1n) is 9.61. The first-order chi connectivity index (χ1) is 13.1. The summed E-state index contributed by atoms with van der Waals surface area (Å²) in [5.41, 5.74) is 4.91. The number of hydrogen-bond donors (Lipinski definition) is 1. The first-order valence-corrected chi connectivity index (χ1v) is 10.4. The van der Waals surface area contributed by atoms with Gasteiger partial charge in [0, 0.05) is 23.8 Å². The van der Waals surface area contributed by atoms with Gasteiger partial charge in [-0.2, -0.15) is 0 Å². The van der Waals surface area contributed by atoms with Gasteiger partial charge in [0.2, 0.25) is 0 Å². The van der Waals surface area contributed by atoms with Gasteiger partial charge in [-0.15, -0.1) is 0 Å². The fourth-order valence-corrected chi connectivity index (χ4v) is 4.97. The smallest absolute Gasteiger partial charge is 0.174 e. The van der Waals surface area contributed by atoms with E-state index in [2.05, 4.69) is 58.5 Å². The second-order valence-electron chi connectivity index (χ2n) is 7.28. The molecule has 27 heavy (non-hydrogen) atoms. The van der Waals surface area contributed by atoms with Crippen molar-refractivity contribution in [1.82, 2.24) is 0 Å². The highest BCUT2D eigenvalue weighted by molar-refractivity contribution is 9.10. The molecule has 0 bridgehead atoms.